The molecular formula is C11H19NO2. The van der Waals surface area contributed by atoms with Crippen molar-refractivity contribution in [3.05, 3.63) is 11.8 Å². The maximum Gasteiger partial charge on any atom is 0.157 e. The van der Waals surface area contributed by atoms with Gasteiger partial charge in [0.2, 0.25) is 0 Å². The Bertz CT molecular complexity index is 233. The van der Waals surface area contributed by atoms with Gasteiger partial charge in [-0.15, -0.1) is 0 Å². The lowest BCUT2D eigenvalue weighted by Gasteiger charge is -2.29. The van der Waals surface area contributed by atoms with Gasteiger partial charge in [0.1, 0.15) is 0 Å². The molecule has 0 aliphatic heterocycles. The highest BCUT2D eigenvalue weighted by Gasteiger charge is 2.19. The second-order valence-electron chi connectivity index (χ2n) is 3.88. The van der Waals surface area contributed by atoms with Crippen LogP contribution >= 0.6 is 0 Å². The predicted octanol–water partition coefficient (Wildman–Crippen LogP) is 1.59. The predicted molar refractivity (Wildman–Crippen MR) is 56.0 cm³/mol. The van der Waals surface area contributed by atoms with Gasteiger partial charge in [-0.25, -0.2) is 0 Å². The molecule has 0 aromatic heterocycles. The molecule has 3 nitrogen and oxygen atoms in total. The van der Waals surface area contributed by atoms with Crippen LogP contribution in [0.1, 0.15) is 26.7 Å². The molecule has 0 aromatic rings. The van der Waals surface area contributed by atoms with E-state index in [1.54, 1.807) is 13.2 Å². The minimum atomic E-state index is 0.253. The fraction of sp³-hybridized carbons (Fsp3) is 0.727. The molecule has 0 fully saturated rings. The Morgan fingerprint density at radius 3 is 2.64 bits per heavy atom. The first-order valence-corrected chi connectivity index (χ1v) is 5.14. The van der Waals surface area contributed by atoms with Crippen molar-refractivity contribution in [1.29, 1.82) is 0 Å². The Kier molecular flexibility index (Phi) is 4.14. The molecule has 0 atom stereocenters. The van der Waals surface area contributed by atoms with Gasteiger partial charge in [-0.3, -0.25) is 4.79 Å². The van der Waals surface area contributed by atoms with Crippen LogP contribution in [0.4, 0.5) is 0 Å². The Hall–Kier alpha value is -0.830. The van der Waals surface area contributed by atoms with Gasteiger partial charge in [0.15, 0.2) is 5.78 Å². The first-order valence-electron chi connectivity index (χ1n) is 5.14. The third-order valence-electron chi connectivity index (χ3n) is 2.48. The SMILES string of the molecule is COCCN(C1=CC(=O)CC1)C(C)C. The smallest absolute Gasteiger partial charge is 0.157 e. The normalized spacial score (nSPS) is 16.3. The molecule has 0 heterocycles. The standard InChI is InChI=1S/C11H19NO2/c1-9(2)12(6-7-14-3)10-4-5-11(13)8-10/h8-9H,4-7H2,1-3H3. The number of hydrogen-bond donors (Lipinski definition) is 0. The second kappa shape index (κ2) is 5.15. The van der Waals surface area contributed by atoms with Gasteiger partial charge in [0, 0.05) is 37.9 Å². The van der Waals surface area contributed by atoms with Gasteiger partial charge in [0.25, 0.3) is 0 Å². The van der Waals surface area contributed by atoms with E-state index in [-0.39, 0.29) is 5.78 Å². The minimum absolute atomic E-state index is 0.253. The molecule has 0 amide bonds. The summed E-state index contributed by atoms with van der Waals surface area (Å²) in [5, 5.41) is 0. The molecule has 0 N–H and O–H groups in total. The van der Waals surface area contributed by atoms with Crippen molar-refractivity contribution in [3.8, 4) is 0 Å². The Morgan fingerprint density at radius 1 is 1.50 bits per heavy atom. The number of hydrogen-bond acceptors (Lipinski definition) is 3. The van der Waals surface area contributed by atoms with E-state index in [9.17, 15) is 4.79 Å². The van der Waals surface area contributed by atoms with E-state index in [0.717, 1.165) is 13.0 Å². The fourth-order valence-corrected chi connectivity index (χ4v) is 1.73. The molecule has 3 heteroatoms. The van der Waals surface area contributed by atoms with E-state index in [2.05, 4.69) is 18.7 Å². The molecule has 0 bridgehead atoms. The lowest BCUT2D eigenvalue weighted by atomic mass is 10.2. The van der Waals surface area contributed by atoms with E-state index in [4.69, 9.17) is 4.74 Å². The number of carbonyl (C=O) groups excluding carboxylic acids is 1. The van der Waals surface area contributed by atoms with E-state index in [1.165, 1.54) is 5.70 Å². The lowest BCUT2D eigenvalue weighted by molar-refractivity contribution is -0.114. The second-order valence-corrected chi connectivity index (χ2v) is 3.88. The third kappa shape index (κ3) is 2.84. The molecule has 0 radical (unpaired) electrons. The van der Waals surface area contributed by atoms with Gasteiger partial charge < -0.3 is 9.64 Å². The Labute approximate surface area is 85.7 Å². The number of nitrogens with zero attached hydrogens (tertiary/aromatic N) is 1. The molecule has 1 aliphatic rings. The average Bonchev–Trinajstić information content (AvgIpc) is 2.52. The van der Waals surface area contributed by atoms with E-state index in [0.29, 0.717) is 19.1 Å². The summed E-state index contributed by atoms with van der Waals surface area (Å²) < 4.78 is 5.06. The van der Waals surface area contributed by atoms with Crippen molar-refractivity contribution in [3.63, 3.8) is 0 Å². The number of ketones is 1. The summed E-state index contributed by atoms with van der Waals surface area (Å²) in [4.78, 5) is 13.4. The number of methoxy groups -OCH3 is 1. The minimum Gasteiger partial charge on any atom is -0.383 e. The molecule has 80 valence electrons. The van der Waals surface area contributed by atoms with E-state index >= 15 is 0 Å². The molecule has 14 heavy (non-hydrogen) atoms. The maximum atomic E-state index is 11.1. The zero-order chi connectivity index (χ0) is 10.6. The highest BCUT2D eigenvalue weighted by molar-refractivity contribution is 5.92. The van der Waals surface area contributed by atoms with Crippen LogP contribution in [0, 0.1) is 0 Å². The van der Waals surface area contributed by atoms with Crippen LogP contribution in [0.2, 0.25) is 0 Å². The van der Waals surface area contributed by atoms with Gasteiger partial charge in [-0.05, 0) is 20.3 Å². The van der Waals surface area contributed by atoms with Crippen molar-refractivity contribution < 1.29 is 9.53 Å². The van der Waals surface area contributed by atoms with Crippen molar-refractivity contribution in [2.24, 2.45) is 0 Å². The van der Waals surface area contributed by atoms with Crippen LogP contribution in [-0.2, 0) is 9.53 Å². The van der Waals surface area contributed by atoms with Crippen molar-refractivity contribution in [1.82, 2.24) is 4.90 Å². The fourth-order valence-electron chi connectivity index (χ4n) is 1.73. The zero-order valence-electron chi connectivity index (χ0n) is 9.25. The number of rotatable bonds is 5. The maximum absolute atomic E-state index is 11.1. The lowest BCUT2D eigenvalue weighted by Crippen LogP contribution is -2.32. The monoisotopic (exact) mass is 197 g/mol. The summed E-state index contributed by atoms with van der Waals surface area (Å²) in [6.45, 7) is 5.86. The first kappa shape index (κ1) is 11.2. The quantitative estimate of drug-likeness (QED) is 0.670. The Morgan fingerprint density at radius 2 is 2.21 bits per heavy atom. The molecule has 1 rings (SSSR count). The van der Waals surface area contributed by atoms with Gasteiger partial charge >= 0.3 is 0 Å². The van der Waals surface area contributed by atoms with Crippen LogP contribution in [0.15, 0.2) is 11.8 Å². The highest BCUT2D eigenvalue weighted by Crippen LogP contribution is 2.21. The summed E-state index contributed by atoms with van der Waals surface area (Å²) >= 11 is 0. The number of carbonyl (C=O) groups is 1. The van der Waals surface area contributed by atoms with Crippen LogP contribution in [0.25, 0.3) is 0 Å². The van der Waals surface area contributed by atoms with E-state index < -0.39 is 0 Å². The average molecular weight is 197 g/mol. The van der Waals surface area contributed by atoms with E-state index in [1.807, 2.05) is 0 Å². The highest BCUT2D eigenvalue weighted by atomic mass is 16.5. The van der Waals surface area contributed by atoms with Crippen LogP contribution in [-0.4, -0.2) is 37.0 Å². The zero-order valence-corrected chi connectivity index (χ0v) is 9.25. The largest absolute Gasteiger partial charge is 0.383 e. The Balaban J connectivity index is 2.58. The molecule has 0 spiro atoms. The molecule has 0 saturated carbocycles. The molecular weight excluding hydrogens is 178 g/mol. The summed E-state index contributed by atoms with van der Waals surface area (Å²) in [7, 11) is 1.70. The van der Waals surface area contributed by atoms with Crippen molar-refractivity contribution >= 4 is 5.78 Å². The molecule has 0 saturated heterocycles. The summed E-state index contributed by atoms with van der Waals surface area (Å²) in [6, 6.07) is 0.433. The molecule has 0 aromatic carbocycles. The molecule has 0 unspecified atom stereocenters. The first-order chi connectivity index (χ1) is 6.65. The summed E-state index contributed by atoms with van der Waals surface area (Å²) in [5.74, 6) is 0.253. The van der Waals surface area contributed by atoms with Gasteiger partial charge in [0.05, 0.1) is 6.61 Å². The summed E-state index contributed by atoms with van der Waals surface area (Å²) in [6.07, 6.45) is 3.34. The summed E-state index contributed by atoms with van der Waals surface area (Å²) in [5.41, 5.74) is 1.17. The molecule has 1 aliphatic carbocycles. The van der Waals surface area contributed by atoms with Gasteiger partial charge in [-0.2, -0.15) is 0 Å². The van der Waals surface area contributed by atoms with Crippen LogP contribution < -0.4 is 0 Å². The third-order valence-corrected chi connectivity index (χ3v) is 2.48. The van der Waals surface area contributed by atoms with Crippen LogP contribution in [0.3, 0.4) is 0 Å². The van der Waals surface area contributed by atoms with Gasteiger partial charge in [-0.1, -0.05) is 0 Å². The van der Waals surface area contributed by atoms with Crippen molar-refractivity contribution in [2.75, 3.05) is 20.3 Å². The number of ether oxygens (including phenoxy) is 1. The number of allylic oxidation sites excluding steroid dienone is 2. The van der Waals surface area contributed by atoms with Crippen LogP contribution in [0.5, 0.6) is 0 Å². The topological polar surface area (TPSA) is 29.5 Å². The van der Waals surface area contributed by atoms with Crippen molar-refractivity contribution in [2.45, 2.75) is 32.7 Å².